The molecule has 0 spiro atoms. The van der Waals surface area contributed by atoms with Gasteiger partial charge in [0.05, 0.1) is 19.8 Å². The van der Waals surface area contributed by atoms with Crippen molar-refractivity contribution in [1.82, 2.24) is 4.98 Å². The van der Waals surface area contributed by atoms with Crippen LogP contribution in [0.2, 0.25) is 0 Å². The van der Waals surface area contributed by atoms with Crippen LogP contribution in [0.3, 0.4) is 0 Å². The molecule has 0 N–H and O–H groups in total. The zero-order chi connectivity index (χ0) is 12.8. The van der Waals surface area contributed by atoms with Gasteiger partial charge in [-0.1, -0.05) is 6.58 Å². The van der Waals surface area contributed by atoms with Crippen molar-refractivity contribution < 1.29 is 19.0 Å². The number of esters is 1. The Labute approximate surface area is 105 Å². The van der Waals surface area contributed by atoms with Crippen LogP contribution in [0, 0.1) is 5.92 Å². The molecule has 0 amide bonds. The zero-order valence-corrected chi connectivity index (χ0v) is 9.95. The van der Waals surface area contributed by atoms with Gasteiger partial charge in [0.15, 0.2) is 6.29 Å². The molecule has 96 valence electrons. The number of aromatic nitrogens is 1. The molecule has 1 aromatic heterocycles. The second-order valence-corrected chi connectivity index (χ2v) is 3.98. The van der Waals surface area contributed by atoms with E-state index in [1.807, 2.05) is 12.1 Å². The molecule has 0 aliphatic carbocycles. The third-order valence-electron chi connectivity index (χ3n) is 2.57. The monoisotopic (exact) mass is 249 g/mol. The highest BCUT2D eigenvalue weighted by atomic mass is 16.7. The molecule has 2 heterocycles. The molecule has 0 bridgehead atoms. The van der Waals surface area contributed by atoms with Gasteiger partial charge in [-0.05, 0) is 12.1 Å². The van der Waals surface area contributed by atoms with Gasteiger partial charge in [-0.3, -0.25) is 4.98 Å². The molecule has 1 aliphatic heterocycles. The lowest BCUT2D eigenvalue weighted by Crippen LogP contribution is -2.30. The van der Waals surface area contributed by atoms with E-state index in [2.05, 4.69) is 11.6 Å². The predicted molar refractivity (Wildman–Crippen MR) is 63.5 cm³/mol. The van der Waals surface area contributed by atoms with Crippen molar-refractivity contribution in [3.05, 3.63) is 42.7 Å². The van der Waals surface area contributed by atoms with Gasteiger partial charge in [0, 0.05) is 30.0 Å². The van der Waals surface area contributed by atoms with Gasteiger partial charge in [-0.15, -0.1) is 0 Å². The average molecular weight is 249 g/mol. The van der Waals surface area contributed by atoms with Gasteiger partial charge < -0.3 is 14.2 Å². The fraction of sp³-hybridized carbons (Fsp3) is 0.385. The number of hydrogen-bond donors (Lipinski definition) is 0. The van der Waals surface area contributed by atoms with E-state index in [4.69, 9.17) is 14.2 Å². The van der Waals surface area contributed by atoms with Crippen molar-refractivity contribution in [2.75, 3.05) is 19.8 Å². The zero-order valence-electron chi connectivity index (χ0n) is 9.95. The highest BCUT2D eigenvalue weighted by Crippen LogP contribution is 2.24. The Morgan fingerprint density at radius 3 is 2.72 bits per heavy atom. The van der Waals surface area contributed by atoms with E-state index >= 15 is 0 Å². The van der Waals surface area contributed by atoms with Crippen LogP contribution in [0.15, 0.2) is 37.2 Å². The molecule has 0 atom stereocenters. The maximum Gasteiger partial charge on any atom is 0.330 e. The smallest absolute Gasteiger partial charge is 0.330 e. The summed E-state index contributed by atoms with van der Waals surface area (Å²) in [6.07, 6.45) is 4.17. The maximum absolute atomic E-state index is 10.9. The van der Waals surface area contributed by atoms with Crippen LogP contribution in [0.1, 0.15) is 11.9 Å². The Kier molecular flexibility index (Phi) is 4.44. The van der Waals surface area contributed by atoms with Crippen LogP contribution in [0.5, 0.6) is 0 Å². The number of nitrogens with zero attached hydrogens (tertiary/aromatic N) is 1. The first-order valence-electron chi connectivity index (χ1n) is 5.72. The summed E-state index contributed by atoms with van der Waals surface area (Å²) in [4.78, 5) is 14.8. The molecule has 0 radical (unpaired) electrons. The Balaban J connectivity index is 1.78. The first-order valence-corrected chi connectivity index (χ1v) is 5.72. The van der Waals surface area contributed by atoms with E-state index in [1.165, 1.54) is 0 Å². The van der Waals surface area contributed by atoms with Crippen LogP contribution in [-0.4, -0.2) is 30.8 Å². The fourth-order valence-electron chi connectivity index (χ4n) is 1.61. The van der Waals surface area contributed by atoms with Crippen molar-refractivity contribution >= 4 is 5.97 Å². The number of hydrogen-bond acceptors (Lipinski definition) is 5. The third kappa shape index (κ3) is 3.38. The Morgan fingerprint density at radius 1 is 1.44 bits per heavy atom. The minimum Gasteiger partial charge on any atom is -0.462 e. The Morgan fingerprint density at radius 2 is 2.11 bits per heavy atom. The summed E-state index contributed by atoms with van der Waals surface area (Å²) in [6, 6.07) is 3.70. The van der Waals surface area contributed by atoms with Crippen molar-refractivity contribution in [2.24, 2.45) is 5.92 Å². The lowest BCUT2D eigenvalue weighted by molar-refractivity contribution is -0.211. The SMILES string of the molecule is C=CC(=O)OCC1COC(c2ccncc2)OC1. The standard InChI is InChI=1S/C13H15NO4/c1-2-12(15)16-7-10-8-17-13(18-9-10)11-3-5-14-6-4-11/h2-6,10,13H,1,7-9H2. The summed E-state index contributed by atoms with van der Waals surface area (Å²) in [5, 5.41) is 0. The van der Waals surface area contributed by atoms with E-state index in [-0.39, 0.29) is 18.8 Å². The number of rotatable bonds is 4. The van der Waals surface area contributed by atoms with Crippen LogP contribution < -0.4 is 0 Å². The van der Waals surface area contributed by atoms with E-state index < -0.39 is 5.97 Å². The Hall–Kier alpha value is -1.72. The summed E-state index contributed by atoms with van der Waals surface area (Å²) in [6.45, 7) is 4.61. The second-order valence-electron chi connectivity index (χ2n) is 3.98. The summed E-state index contributed by atoms with van der Waals surface area (Å²) in [5.41, 5.74) is 0.937. The molecule has 1 aliphatic rings. The van der Waals surface area contributed by atoms with Gasteiger partial charge >= 0.3 is 5.97 Å². The van der Waals surface area contributed by atoms with Gasteiger partial charge in [-0.25, -0.2) is 4.79 Å². The topological polar surface area (TPSA) is 57.7 Å². The van der Waals surface area contributed by atoms with Crippen molar-refractivity contribution in [2.45, 2.75) is 6.29 Å². The minimum atomic E-state index is -0.425. The van der Waals surface area contributed by atoms with Gasteiger partial charge in [0.1, 0.15) is 0 Å². The average Bonchev–Trinajstić information content (AvgIpc) is 2.46. The summed E-state index contributed by atoms with van der Waals surface area (Å²) in [7, 11) is 0. The van der Waals surface area contributed by atoms with Crippen LogP contribution in [-0.2, 0) is 19.0 Å². The second kappa shape index (κ2) is 6.28. The molecule has 0 saturated carbocycles. The number of pyridine rings is 1. The first-order chi connectivity index (χ1) is 8.79. The van der Waals surface area contributed by atoms with E-state index in [9.17, 15) is 4.79 Å². The molecule has 1 saturated heterocycles. The van der Waals surface area contributed by atoms with Crippen LogP contribution in [0.25, 0.3) is 0 Å². The van der Waals surface area contributed by atoms with Gasteiger partial charge in [-0.2, -0.15) is 0 Å². The van der Waals surface area contributed by atoms with Crippen molar-refractivity contribution in [1.29, 1.82) is 0 Å². The highest BCUT2D eigenvalue weighted by molar-refractivity contribution is 5.81. The van der Waals surface area contributed by atoms with E-state index in [0.29, 0.717) is 13.2 Å². The molecule has 1 aromatic rings. The molecular formula is C13H15NO4. The quantitative estimate of drug-likeness (QED) is 0.597. The molecule has 0 aromatic carbocycles. The molecule has 5 nitrogen and oxygen atoms in total. The molecule has 5 heteroatoms. The molecule has 0 unspecified atom stereocenters. The maximum atomic E-state index is 10.9. The number of ether oxygens (including phenoxy) is 3. The molecule has 2 rings (SSSR count). The van der Waals surface area contributed by atoms with Crippen molar-refractivity contribution in [3.8, 4) is 0 Å². The van der Waals surface area contributed by atoms with E-state index in [0.717, 1.165) is 11.6 Å². The largest absolute Gasteiger partial charge is 0.462 e. The van der Waals surface area contributed by atoms with Gasteiger partial charge in [0.2, 0.25) is 0 Å². The lowest BCUT2D eigenvalue weighted by atomic mass is 10.1. The summed E-state index contributed by atoms with van der Waals surface area (Å²) in [5.74, 6) is -0.363. The fourth-order valence-corrected chi connectivity index (χ4v) is 1.61. The third-order valence-corrected chi connectivity index (χ3v) is 2.57. The van der Waals surface area contributed by atoms with Crippen LogP contribution in [0.4, 0.5) is 0 Å². The normalized spacial score (nSPS) is 23.3. The lowest BCUT2D eigenvalue weighted by Gasteiger charge is -2.29. The first kappa shape index (κ1) is 12.7. The number of carbonyl (C=O) groups is 1. The predicted octanol–water partition coefficient (Wildman–Crippen LogP) is 1.47. The Bertz CT molecular complexity index is 399. The van der Waals surface area contributed by atoms with E-state index in [1.54, 1.807) is 12.4 Å². The van der Waals surface area contributed by atoms with Gasteiger partial charge in [0.25, 0.3) is 0 Å². The summed E-state index contributed by atoms with van der Waals surface area (Å²) >= 11 is 0. The van der Waals surface area contributed by atoms with Crippen molar-refractivity contribution in [3.63, 3.8) is 0 Å². The highest BCUT2D eigenvalue weighted by Gasteiger charge is 2.24. The molecule has 18 heavy (non-hydrogen) atoms. The molecular weight excluding hydrogens is 234 g/mol. The number of carbonyl (C=O) groups excluding carboxylic acids is 1. The van der Waals surface area contributed by atoms with Crippen LogP contribution >= 0.6 is 0 Å². The minimum absolute atomic E-state index is 0.0620. The summed E-state index contributed by atoms with van der Waals surface area (Å²) < 4.78 is 16.1. The molecule has 1 fully saturated rings.